The molecule has 106 valence electrons. The van der Waals surface area contributed by atoms with Crippen molar-refractivity contribution in [2.24, 2.45) is 5.84 Å². The van der Waals surface area contributed by atoms with E-state index >= 15 is 0 Å². The van der Waals surface area contributed by atoms with Crippen LogP contribution < -0.4 is 11.3 Å². The van der Waals surface area contributed by atoms with Crippen LogP contribution in [0, 0.1) is 0 Å². The number of carbonyl (C=O) groups is 1. The molecule has 1 heterocycles. The van der Waals surface area contributed by atoms with Gasteiger partial charge in [0.15, 0.2) is 0 Å². The number of nitrogen functional groups attached to an aromatic ring is 1. The Morgan fingerprint density at radius 2 is 2.05 bits per heavy atom. The zero-order valence-electron chi connectivity index (χ0n) is 11.5. The van der Waals surface area contributed by atoms with Gasteiger partial charge in [-0.3, -0.25) is 15.1 Å². The van der Waals surface area contributed by atoms with E-state index in [1.54, 1.807) is 12.3 Å². The predicted molar refractivity (Wildman–Crippen MR) is 76.6 cm³/mol. The van der Waals surface area contributed by atoms with Crippen molar-refractivity contribution in [3.05, 3.63) is 59.5 Å². The minimum atomic E-state index is -0.269. The van der Waals surface area contributed by atoms with Crippen molar-refractivity contribution < 1.29 is 9.21 Å². The number of furan rings is 1. The fourth-order valence-corrected chi connectivity index (χ4v) is 2.10. The van der Waals surface area contributed by atoms with Crippen LogP contribution in [0.2, 0.25) is 0 Å². The first-order valence-corrected chi connectivity index (χ1v) is 6.58. The van der Waals surface area contributed by atoms with E-state index in [0.717, 1.165) is 17.9 Å². The minimum Gasteiger partial charge on any atom is -0.468 e. The van der Waals surface area contributed by atoms with Gasteiger partial charge >= 0.3 is 0 Å². The van der Waals surface area contributed by atoms with Crippen molar-refractivity contribution in [3.63, 3.8) is 0 Å². The molecule has 0 fully saturated rings. The molecule has 2 aromatic rings. The number of hydrazine groups is 1. The molecule has 1 amide bonds. The van der Waals surface area contributed by atoms with Crippen molar-refractivity contribution in [3.8, 4) is 0 Å². The van der Waals surface area contributed by atoms with Gasteiger partial charge in [0.25, 0.3) is 5.91 Å². The Balaban J connectivity index is 2.13. The third-order valence-electron chi connectivity index (χ3n) is 3.19. The second-order valence-electron chi connectivity index (χ2n) is 4.51. The zero-order chi connectivity index (χ0) is 14.4. The van der Waals surface area contributed by atoms with Gasteiger partial charge in [-0.15, -0.1) is 0 Å². The molecule has 1 aromatic carbocycles. The van der Waals surface area contributed by atoms with E-state index in [0.29, 0.717) is 18.7 Å². The maximum absolute atomic E-state index is 11.7. The fraction of sp³-hybridized carbons (Fsp3) is 0.267. The largest absolute Gasteiger partial charge is 0.468 e. The molecule has 20 heavy (non-hydrogen) atoms. The maximum Gasteiger partial charge on any atom is 0.265 e. The van der Waals surface area contributed by atoms with Gasteiger partial charge in [-0.2, -0.15) is 0 Å². The van der Waals surface area contributed by atoms with Gasteiger partial charge < -0.3 is 4.42 Å². The lowest BCUT2D eigenvalue weighted by molar-refractivity contribution is 0.0951. The summed E-state index contributed by atoms with van der Waals surface area (Å²) >= 11 is 0. The average Bonchev–Trinajstić information content (AvgIpc) is 2.99. The number of amides is 1. The highest BCUT2D eigenvalue weighted by Crippen LogP contribution is 2.14. The standard InChI is InChI=1S/C15H19N3O2/c1-2-18(11-13-7-5-9-20-13)10-12-6-3-4-8-14(12)15(19)17-16/h3-9H,2,10-11,16H2,1H3,(H,17,19). The van der Waals surface area contributed by atoms with Crippen LogP contribution in [-0.2, 0) is 13.1 Å². The van der Waals surface area contributed by atoms with E-state index in [2.05, 4.69) is 17.2 Å². The number of nitrogens with two attached hydrogens (primary N) is 1. The summed E-state index contributed by atoms with van der Waals surface area (Å²) in [4.78, 5) is 13.9. The molecular weight excluding hydrogens is 254 g/mol. The highest BCUT2D eigenvalue weighted by atomic mass is 16.3. The summed E-state index contributed by atoms with van der Waals surface area (Å²) in [5.41, 5.74) is 3.74. The number of hydrogen-bond donors (Lipinski definition) is 2. The summed E-state index contributed by atoms with van der Waals surface area (Å²) in [5.74, 6) is 5.86. The lowest BCUT2D eigenvalue weighted by Gasteiger charge is -2.20. The van der Waals surface area contributed by atoms with Crippen LogP contribution in [0.25, 0.3) is 0 Å². The molecule has 0 aliphatic heterocycles. The molecule has 3 N–H and O–H groups in total. The number of carbonyl (C=O) groups excluding carboxylic acids is 1. The summed E-state index contributed by atoms with van der Waals surface area (Å²) < 4.78 is 5.36. The summed E-state index contributed by atoms with van der Waals surface area (Å²) in [5, 5.41) is 0. The fourth-order valence-electron chi connectivity index (χ4n) is 2.10. The van der Waals surface area contributed by atoms with Crippen LogP contribution in [0.5, 0.6) is 0 Å². The Hall–Kier alpha value is -2.11. The first kappa shape index (κ1) is 14.3. The van der Waals surface area contributed by atoms with Crippen molar-refractivity contribution in [1.82, 2.24) is 10.3 Å². The molecule has 0 unspecified atom stereocenters. The topological polar surface area (TPSA) is 71.5 Å². The van der Waals surface area contributed by atoms with Crippen LogP contribution in [0.1, 0.15) is 28.6 Å². The van der Waals surface area contributed by atoms with Gasteiger partial charge in [-0.05, 0) is 30.3 Å². The molecule has 0 saturated heterocycles. The normalized spacial score (nSPS) is 10.8. The lowest BCUT2D eigenvalue weighted by atomic mass is 10.1. The van der Waals surface area contributed by atoms with Crippen LogP contribution in [0.3, 0.4) is 0 Å². The number of nitrogens with one attached hydrogen (secondary N) is 1. The summed E-state index contributed by atoms with van der Waals surface area (Å²) in [7, 11) is 0. The smallest absolute Gasteiger partial charge is 0.265 e. The summed E-state index contributed by atoms with van der Waals surface area (Å²) in [6.45, 7) is 4.32. The average molecular weight is 273 g/mol. The van der Waals surface area contributed by atoms with E-state index in [9.17, 15) is 4.79 Å². The highest BCUT2D eigenvalue weighted by Gasteiger charge is 2.13. The molecule has 0 spiro atoms. The minimum absolute atomic E-state index is 0.269. The number of benzene rings is 1. The Morgan fingerprint density at radius 3 is 2.70 bits per heavy atom. The van der Waals surface area contributed by atoms with Crippen molar-refractivity contribution >= 4 is 5.91 Å². The molecule has 0 radical (unpaired) electrons. The summed E-state index contributed by atoms with van der Waals surface area (Å²) in [6.07, 6.45) is 1.67. The van der Waals surface area contributed by atoms with Gasteiger partial charge in [-0.1, -0.05) is 25.1 Å². The van der Waals surface area contributed by atoms with Gasteiger partial charge in [0.05, 0.1) is 12.8 Å². The molecule has 0 aliphatic rings. The first-order chi connectivity index (χ1) is 9.74. The highest BCUT2D eigenvalue weighted by molar-refractivity contribution is 5.95. The van der Waals surface area contributed by atoms with E-state index in [1.165, 1.54) is 0 Å². The molecule has 0 aliphatic carbocycles. The zero-order valence-corrected chi connectivity index (χ0v) is 11.5. The Kier molecular flexibility index (Phi) is 4.92. The molecule has 0 saturated carbocycles. The van der Waals surface area contributed by atoms with Crippen molar-refractivity contribution in [2.45, 2.75) is 20.0 Å². The monoisotopic (exact) mass is 273 g/mol. The van der Waals surface area contributed by atoms with E-state index in [-0.39, 0.29) is 5.91 Å². The maximum atomic E-state index is 11.7. The summed E-state index contributed by atoms with van der Waals surface area (Å²) in [6, 6.07) is 11.3. The van der Waals surface area contributed by atoms with Gasteiger partial charge in [0.2, 0.25) is 0 Å². The molecule has 1 aromatic heterocycles. The van der Waals surface area contributed by atoms with Crippen LogP contribution >= 0.6 is 0 Å². The third kappa shape index (κ3) is 3.46. The first-order valence-electron chi connectivity index (χ1n) is 6.58. The molecule has 5 nitrogen and oxygen atoms in total. The second kappa shape index (κ2) is 6.88. The lowest BCUT2D eigenvalue weighted by Crippen LogP contribution is -2.32. The quantitative estimate of drug-likeness (QED) is 0.479. The second-order valence-corrected chi connectivity index (χ2v) is 4.51. The van der Waals surface area contributed by atoms with Crippen LogP contribution in [0.15, 0.2) is 47.1 Å². The molecule has 5 heteroatoms. The van der Waals surface area contributed by atoms with Crippen LogP contribution in [0.4, 0.5) is 0 Å². The SMILES string of the molecule is CCN(Cc1ccco1)Cc1ccccc1C(=O)NN. The molecular formula is C15H19N3O2. The number of rotatable bonds is 6. The van der Waals surface area contributed by atoms with Crippen LogP contribution in [-0.4, -0.2) is 17.4 Å². The van der Waals surface area contributed by atoms with E-state index < -0.39 is 0 Å². The van der Waals surface area contributed by atoms with Gasteiger partial charge in [-0.25, -0.2) is 5.84 Å². The predicted octanol–water partition coefficient (Wildman–Crippen LogP) is 1.91. The third-order valence-corrected chi connectivity index (χ3v) is 3.19. The van der Waals surface area contributed by atoms with Crippen molar-refractivity contribution in [2.75, 3.05) is 6.54 Å². The van der Waals surface area contributed by atoms with Gasteiger partial charge in [0, 0.05) is 12.1 Å². The van der Waals surface area contributed by atoms with E-state index in [1.807, 2.05) is 30.3 Å². The van der Waals surface area contributed by atoms with Gasteiger partial charge in [0.1, 0.15) is 5.76 Å². The van der Waals surface area contributed by atoms with Crippen molar-refractivity contribution in [1.29, 1.82) is 0 Å². The Bertz CT molecular complexity index is 552. The number of hydrogen-bond acceptors (Lipinski definition) is 4. The van der Waals surface area contributed by atoms with E-state index in [4.69, 9.17) is 10.3 Å². The molecule has 0 atom stereocenters. The number of nitrogens with zero attached hydrogens (tertiary/aromatic N) is 1. The Morgan fingerprint density at radius 1 is 1.25 bits per heavy atom. The Labute approximate surface area is 118 Å². The molecule has 0 bridgehead atoms. The molecule has 2 rings (SSSR count).